The highest BCUT2D eigenvalue weighted by Crippen LogP contribution is 2.29. The van der Waals surface area contributed by atoms with Gasteiger partial charge in [-0.05, 0) is 61.1 Å². The van der Waals surface area contributed by atoms with Gasteiger partial charge in [0.2, 0.25) is 0 Å². The van der Waals surface area contributed by atoms with Crippen molar-refractivity contribution in [3.63, 3.8) is 0 Å². The minimum absolute atomic E-state index is 0.0308. The Balaban J connectivity index is 1.56. The predicted molar refractivity (Wildman–Crippen MR) is 113 cm³/mol. The number of carbonyl (C=O) groups excluding carboxylic acids is 1. The Kier molecular flexibility index (Phi) is 5.65. The first kappa shape index (κ1) is 19.2. The molecule has 0 spiro atoms. The van der Waals surface area contributed by atoms with Crippen LogP contribution in [0.3, 0.4) is 0 Å². The highest BCUT2D eigenvalue weighted by Gasteiger charge is 2.17. The molecule has 1 N–H and O–H groups in total. The minimum Gasteiger partial charge on any atom is -0.457 e. The van der Waals surface area contributed by atoms with Gasteiger partial charge in [0.25, 0.3) is 0 Å². The first-order valence-corrected chi connectivity index (χ1v) is 10.2. The summed E-state index contributed by atoms with van der Waals surface area (Å²) in [6.45, 7) is 2.96. The molecule has 29 heavy (non-hydrogen) atoms. The molecule has 3 aromatic rings. The molecule has 1 aliphatic carbocycles. The fourth-order valence-electron chi connectivity index (χ4n) is 3.85. The van der Waals surface area contributed by atoms with E-state index in [1.807, 2.05) is 24.3 Å². The topological polar surface area (TPSA) is 68.5 Å². The fourth-order valence-corrected chi connectivity index (χ4v) is 3.85. The molecule has 5 nitrogen and oxygen atoms in total. The maximum atomic E-state index is 12.7. The van der Waals surface area contributed by atoms with Crippen molar-refractivity contribution in [3.05, 3.63) is 75.1 Å². The summed E-state index contributed by atoms with van der Waals surface area (Å²) in [6, 6.07) is 12.8. The SMILES string of the molecule is CCCCNc1ccccc1C(=O)OCc1cc(=O)oc2cc3c(cc12)CCC3. The molecule has 150 valence electrons. The fraction of sp³-hybridized carbons (Fsp3) is 0.333. The number of hydrogen-bond acceptors (Lipinski definition) is 5. The standard InChI is InChI=1S/C24H25NO4/c1-2-3-11-25-21-10-5-4-9-19(21)24(27)28-15-18-14-23(26)29-22-13-17-8-6-7-16(17)12-20(18)22/h4-5,9-10,12-14,25H,2-3,6-8,11,15H2,1H3. The molecule has 4 rings (SSSR count). The lowest BCUT2D eigenvalue weighted by molar-refractivity contribution is 0.0475. The van der Waals surface area contributed by atoms with E-state index >= 15 is 0 Å². The van der Waals surface area contributed by atoms with Gasteiger partial charge >= 0.3 is 11.6 Å². The molecular formula is C24H25NO4. The Morgan fingerprint density at radius 2 is 1.93 bits per heavy atom. The number of carbonyl (C=O) groups is 1. The molecule has 0 atom stereocenters. The molecule has 2 aromatic carbocycles. The molecule has 1 aliphatic rings. The number of para-hydroxylation sites is 1. The average Bonchev–Trinajstić information content (AvgIpc) is 3.18. The molecule has 5 heteroatoms. The summed E-state index contributed by atoms with van der Waals surface area (Å²) in [6.07, 6.45) is 5.25. The summed E-state index contributed by atoms with van der Waals surface area (Å²) in [5.41, 5.74) is 4.59. The van der Waals surface area contributed by atoms with Crippen LogP contribution in [-0.2, 0) is 24.2 Å². The average molecular weight is 391 g/mol. The van der Waals surface area contributed by atoms with Crippen LogP contribution >= 0.6 is 0 Å². The molecular weight excluding hydrogens is 366 g/mol. The van der Waals surface area contributed by atoms with Crippen LogP contribution < -0.4 is 10.9 Å². The Labute approximate surface area is 169 Å². The largest absolute Gasteiger partial charge is 0.457 e. The zero-order valence-electron chi connectivity index (χ0n) is 16.6. The van der Waals surface area contributed by atoms with Crippen molar-refractivity contribution in [1.82, 2.24) is 0 Å². The van der Waals surface area contributed by atoms with Crippen molar-refractivity contribution in [1.29, 1.82) is 0 Å². The number of hydrogen-bond donors (Lipinski definition) is 1. The van der Waals surface area contributed by atoms with E-state index in [4.69, 9.17) is 9.15 Å². The molecule has 0 aliphatic heterocycles. The van der Waals surface area contributed by atoms with Gasteiger partial charge in [-0.1, -0.05) is 25.5 Å². The third-order valence-electron chi connectivity index (χ3n) is 5.39. The van der Waals surface area contributed by atoms with E-state index < -0.39 is 11.6 Å². The molecule has 1 aromatic heterocycles. The Morgan fingerprint density at radius 3 is 2.76 bits per heavy atom. The number of rotatable bonds is 7. The Bertz CT molecular complexity index is 1100. The second-order valence-electron chi connectivity index (χ2n) is 7.46. The normalized spacial score (nSPS) is 12.7. The van der Waals surface area contributed by atoms with E-state index in [9.17, 15) is 9.59 Å². The van der Waals surface area contributed by atoms with E-state index in [1.165, 1.54) is 17.2 Å². The van der Waals surface area contributed by atoms with Gasteiger partial charge in [0.15, 0.2) is 0 Å². The third-order valence-corrected chi connectivity index (χ3v) is 5.39. The molecule has 0 amide bonds. The summed E-state index contributed by atoms with van der Waals surface area (Å²) in [5, 5.41) is 4.13. The van der Waals surface area contributed by atoms with E-state index in [0.29, 0.717) is 16.7 Å². The van der Waals surface area contributed by atoms with E-state index in [2.05, 4.69) is 18.3 Å². The zero-order valence-corrected chi connectivity index (χ0v) is 16.6. The number of unbranched alkanes of at least 4 members (excludes halogenated alkanes) is 1. The Morgan fingerprint density at radius 1 is 1.14 bits per heavy atom. The van der Waals surface area contributed by atoms with Crippen molar-refractivity contribution >= 4 is 22.6 Å². The molecule has 0 radical (unpaired) electrons. The summed E-state index contributed by atoms with van der Waals surface area (Å²) < 4.78 is 11.0. The first-order valence-electron chi connectivity index (χ1n) is 10.2. The minimum atomic E-state index is -0.428. The maximum absolute atomic E-state index is 12.7. The van der Waals surface area contributed by atoms with Crippen LogP contribution in [0.4, 0.5) is 5.69 Å². The number of aryl methyl sites for hydroxylation is 2. The Hall–Kier alpha value is -3.08. The highest BCUT2D eigenvalue weighted by atomic mass is 16.5. The van der Waals surface area contributed by atoms with Crippen molar-refractivity contribution in [2.45, 2.75) is 45.6 Å². The predicted octanol–water partition coefficient (Wildman–Crippen LogP) is 4.85. The van der Waals surface area contributed by atoms with E-state index in [0.717, 1.165) is 49.7 Å². The number of ether oxygens (including phenoxy) is 1. The smallest absolute Gasteiger partial charge is 0.340 e. The molecule has 0 bridgehead atoms. The molecule has 0 saturated carbocycles. The van der Waals surface area contributed by atoms with Crippen LogP contribution in [0.2, 0.25) is 0 Å². The van der Waals surface area contributed by atoms with Crippen LogP contribution in [0.25, 0.3) is 11.0 Å². The number of fused-ring (bicyclic) bond motifs is 2. The monoisotopic (exact) mass is 391 g/mol. The van der Waals surface area contributed by atoms with Gasteiger partial charge in [-0.2, -0.15) is 0 Å². The van der Waals surface area contributed by atoms with Crippen molar-refractivity contribution < 1.29 is 13.9 Å². The third kappa shape index (κ3) is 4.19. The number of anilines is 1. The van der Waals surface area contributed by atoms with Crippen LogP contribution in [0.15, 0.2) is 51.7 Å². The molecule has 0 fully saturated rings. The molecule has 0 unspecified atom stereocenters. The van der Waals surface area contributed by atoms with Gasteiger partial charge in [0, 0.05) is 29.2 Å². The zero-order chi connectivity index (χ0) is 20.2. The first-order chi connectivity index (χ1) is 14.2. The number of benzene rings is 2. The van der Waals surface area contributed by atoms with Gasteiger partial charge in [-0.25, -0.2) is 9.59 Å². The summed E-state index contributed by atoms with van der Waals surface area (Å²) >= 11 is 0. The van der Waals surface area contributed by atoms with Crippen LogP contribution in [0.1, 0.15) is 53.2 Å². The van der Waals surface area contributed by atoms with Gasteiger partial charge in [-0.3, -0.25) is 0 Å². The van der Waals surface area contributed by atoms with Crippen molar-refractivity contribution in [2.75, 3.05) is 11.9 Å². The van der Waals surface area contributed by atoms with Crippen LogP contribution in [0.5, 0.6) is 0 Å². The quantitative estimate of drug-likeness (QED) is 0.354. The number of esters is 1. The lowest BCUT2D eigenvalue weighted by Crippen LogP contribution is -2.11. The lowest BCUT2D eigenvalue weighted by atomic mass is 10.0. The lowest BCUT2D eigenvalue weighted by Gasteiger charge is -2.12. The van der Waals surface area contributed by atoms with Gasteiger partial charge in [0.05, 0.1) is 5.56 Å². The molecule has 1 heterocycles. The van der Waals surface area contributed by atoms with Crippen molar-refractivity contribution in [3.8, 4) is 0 Å². The maximum Gasteiger partial charge on any atom is 0.340 e. The summed E-state index contributed by atoms with van der Waals surface area (Å²) in [4.78, 5) is 24.7. The van der Waals surface area contributed by atoms with Crippen molar-refractivity contribution in [2.24, 2.45) is 0 Å². The van der Waals surface area contributed by atoms with Crippen LogP contribution in [-0.4, -0.2) is 12.5 Å². The van der Waals surface area contributed by atoms with Gasteiger partial charge in [0.1, 0.15) is 12.2 Å². The van der Waals surface area contributed by atoms with E-state index in [-0.39, 0.29) is 6.61 Å². The van der Waals surface area contributed by atoms with Crippen LogP contribution in [0, 0.1) is 0 Å². The summed E-state index contributed by atoms with van der Waals surface area (Å²) in [7, 11) is 0. The second-order valence-corrected chi connectivity index (χ2v) is 7.46. The summed E-state index contributed by atoms with van der Waals surface area (Å²) in [5.74, 6) is -0.410. The van der Waals surface area contributed by atoms with Gasteiger partial charge in [-0.15, -0.1) is 0 Å². The van der Waals surface area contributed by atoms with E-state index in [1.54, 1.807) is 6.07 Å². The second kappa shape index (κ2) is 8.52. The highest BCUT2D eigenvalue weighted by molar-refractivity contribution is 5.95. The molecule has 0 saturated heterocycles. The number of nitrogens with one attached hydrogen (secondary N) is 1. The van der Waals surface area contributed by atoms with Gasteiger partial charge < -0.3 is 14.5 Å².